The highest BCUT2D eigenvalue weighted by Crippen LogP contribution is 2.15. The molecule has 0 N–H and O–H groups in total. The van der Waals surface area contributed by atoms with Crippen LogP contribution < -0.4 is 4.74 Å². The molecule has 0 bridgehead atoms. The van der Waals surface area contributed by atoms with Crippen molar-refractivity contribution in [2.75, 3.05) is 7.11 Å². The lowest BCUT2D eigenvalue weighted by Gasteiger charge is -2.03. The van der Waals surface area contributed by atoms with Gasteiger partial charge in [-0.2, -0.15) is 0 Å². The number of pyridine rings is 1. The van der Waals surface area contributed by atoms with Gasteiger partial charge in [0.1, 0.15) is 29.5 Å². The number of fused-ring (bicyclic) bond motifs is 1. The first-order valence-electron chi connectivity index (χ1n) is 6.61. The van der Waals surface area contributed by atoms with Crippen molar-refractivity contribution < 1.29 is 18.7 Å². The van der Waals surface area contributed by atoms with Gasteiger partial charge in [-0.25, -0.2) is 14.2 Å². The fourth-order valence-electron chi connectivity index (χ4n) is 2.12. The number of halogens is 1. The van der Waals surface area contributed by atoms with Gasteiger partial charge in [0.05, 0.1) is 12.8 Å². The topological polar surface area (TPSA) is 52.8 Å². The molecule has 0 aliphatic rings. The number of esters is 1. The van der Waals surface area contributed by atoms with Crippen LogP contribution in [0.5, 0.6) is 5.75 Å². The third-order valence-corrected chi connectivity index (χ3v) is 3.12. The SMILES string of the molecule is COC(=O)c1cccc2nc(COc3cccc(F)c3)cn12. The first-order valence-corrected chi connectivity index (χ1v) is 6.61. The van der Waals surface area contributed by atoms with Crippen molar-refractivity contribution in [2.24, 2.45) is 0 Å². The van der Waals surface area contributed by atoms with E-state index in [1.165, 1.54) is 19.2 Å². The first-order chi connectivity index (χ1) is 10.7. The van der Waals surface area contributed by atoms with Crippen molar-refractivity contribution in [3.8, 4) is 5.75 Å². The van der Waals surface area contributed by atoms with Gasteiger partial charge in [-0.05, 0) is 24.3 Å². The van der Waals surface area contributed by atoms with Gasteiger partial charge in [-0.3, -0.25) is 4.40 Å². The largest absolute Gasteiger partial charge is 0.487 e. The van der Waals surface area contributed by atoms with Crippen LogP contribution in [0.1, 0.15) is 16.2 Å². The number of carbonyl (C=O) groups is 1. The van der Waals surface area contributed by atoms with Gasteiger partial charge in [0.25, 0.3) is 0 Å². The van der Waals surface area contributed by atoms with Crippen LogP contribution in [0.2, 0.25) is 0 Å². The third kappa shape index (κ3) is 2.76. The number of rotatable bonds is 4. The number of benzene rings is 1. The van der Waals surface area contributed by atoms with E-state index in [0.29, 0.717) is 22.8 Å². The lowest BCUT2D eigenvalue weighted by Crippen LogP contribution is -2.07. The minimum atomic E-state index is -0.444. The molecule has 0 radical (unpaired) electrons. The van der Waals surface area contributed by atoms with Gasteiger partial charge in [0, 0.05) is 12.3 Å². The van der Waals surface area contributed by atoms with E-state index in [9.17, 15) is 9.18 Å². The summed E-state index contributed by atoms with van der Waals surface area (Å²) in [6.07, 6.45) is 1.70. The van der Waals surface area contributed by atoms with Crippen LogP contribution in [0.15, 0.2) is 48.7 Å². The van der Waals surface area contributed by atoms with Crippen molar-refractivity contribution in [3.63, 3.8) is 0 Å². The molecule has 2 heterocycles. The standard InChI is InChI=1S/C16H13FN2O3/c1-21-16(20)14-6-3-7-15-18-12(9-19(14)15)10-22-13-5-2-4-11(17)8-13/h2-9H,10H2,1H3. The zero-order valence-corrected chi connectivity index (χ0v) is 11.8. The van der Waals surface area contributed by atoms with E-state index in [4.69, 9.17) is 9.47 Å². The van der Waals surface area contributed by atoms with Crippen LogP contribution >= 0.6 is 0 Å². The number of nitrogens with zero attached hydrogens (tertiary/aromatic N) is 2. The van der Waals surface area contributed by atoms with Gasteiger partial charge in [0.2, 0.25) is 0 Å². The molecule has 0 fully saturated rings. The highest BCUT2D eigenvalue weighted by atomic mass is 19.1. The number of imidazole rings is 1. The molecular weight excluding hydrogens is 287 g/mol. The van der Waals surface area contributed by atoms with Crippen LogP contribution in [0.25, 0.3) is 5.65 Å². The maximum atomic E-state index is 13.1. The Balaban J connectivity index is 1.85. The summed E-state index contributed by atoms with van der Waals surface area (Å²) >= 11 is 0. The molecule has 2 aromatic heterocycles. The van der Waals surface area contributed by atoms with Crippen LogP contribution in [-0.2, 0) is 11.3 Å². The molecule has 22 heavy (non-hydrogen) atoms. The second kappa shape index (κ2) is 5.85. The van der Waals surface area contributed by atoms with Crippen molar-refractivity contribution >= 4 is 11.6 Å². The molecule has 0 amide bonds. The summed E-state index contributed by atoms with van der Waals surface area (Å²) in [7, 11) is 1.33. The second-order valence-electron chi connectivity index (χ2n) is 4.61. The summed E-state index contributed by atoms with van der Waals surface area (Å²) < 4.78 is 25.0. The summed E-state index contributed by atoms with van der Waals surface area (Å²) in [6.45, 7) is 0.172. The Morgan fingerprint density at radius 3 is 2.86 bits per heavy atom. The maximum Gasteiger partial charge on any atom is 0.355 e. The molecule has 0 aliphatic heterocycles. The maximum absolute atomic E-state index is 13.1. The lowest BCUT2D eigenvalue weighted by molar-refractivity contribution is 0.0592. The van der Waals surface area contributed by atoms with Crippen LogP contribution in [0.4, 0.5) is 4.39 Å². The van der Waals surface area contributed by atoms with Gasteiger partial charge < -0.3 is 9.47 Å². The molecule has 0 spiro atoms. The molecule has 6 heteroatoms. The first kappa shape index (κ1) is 14.1. The Labute approximate surface area is 125 Å². The quantitative estimate of drug-likeness (QED) is 0.695. The summed E-state index contributed by atoms with van der Waals surface area (Å²) in [5.74, 6) is -0.383. The predicted octanol–water partition coefficient (Wildman–Crippen LogP) is 2.84. The number of ether oxygens (including phenoxy) is 2. The van der Waals surface area contributed by atoms with E-state index in [0.717, 1.165) is 0 Å². The average molecular weight is 300 g/mol. The van der Waals surface area contributed by atoms with Gasteiger partial charge in [-0.15, -0.1) is 0 Å². The normalized spacial score (nSPS) is 10.6. The van der Waals surface area contributed by atoms with Crippen molar-refractivity contribution in [3.05, 3.63) is 65.9 Å². The average Bonchev–Trinajstić information content (AvgIpc) is 2.95. The van der Waals surface area contributed by atoms with Crippen molar-refractivity contribution in [2.45, 2.75) is 6.61 Å². The second-order valence-corrected chi connectivity index (χ2v) is 4.61. The molecule has 0 unspecified atom stereocenters. The van der Waals surface area contributed by atoms with E-state index in [1.54, 1.807) is 40.9 Å². The Bertz CT molecular complexity index is 829. The summed E-state index contributed by atoms with van der Waals surface area (Å²) in [5, 5.41) is 0. The number of hydrogen-bond donors (Lipinski definition) is 0. The number of hydrogen-bond acceptors (Lipinski definition) is 4. The molecule has 0 aliphatic carbocycles. The third-order valence-electron chi connectivity index (χ3n) is 3.12. The van der Waals surface area contributed by atoms with Crippen LogP contribution in [0, 0.1) is 5.82 Å². The van der Waals surface area contributed by atoms with Crippen LogP contribution in [0.3, 0.4) is 0 Å². The minimum Gasteiger partial charge on any atom is -0.487 e. The zero-order valence-electron chi connectivity index (χ0n) is 11.8. The Morgan fingerprint density at radius 2 is 2.09 bits per heavy atom. The highest BCUT2D eigenvalue weighted by molar-refractivity contribution is 5.88. The van der Waals surface area contributed by atoms with E-state index in [-0.39, 0.29) is 12.4 Å². The molecule has 5 nitrogen and oxygen atoms in total. The molecule has 0 saturated heterocycles. The smallest absolute Gasteiger partial charge is 0.355 e. The molecule has 0 atom stereocenters. The van der Waals surface area contributed by atoms with E-state index >= 15 is 0 Å². The molecular formula is C16H13FN2O3. The molecule has 112 valence electrons. The zero-order chi connectivity index (χ0) is 15.5. The van der Waals surface area contributed by atoms with Gasteiger partial charge in [0.15, 0.2) is 0 Å². The monoisotopic (exact) mass is 300 g/mol. The number of aromatic nitrogens is 2. The number of carbonyl (C=O) groups excluding carboxylic acids is 1. The number of methoxy groups -OCH3 is 1. The summed E-state index contributed by atoms with van der Waals surface area (Å²) in [4.78, 5) is 16.1. The summed E-state index contributed by atoms with van der Waals surface area (Å²) in [5.41, 5.74) is 1.62. The Kier molecular flexibility index (Phi) is 3.74. The van der Waals surface area contributed by atoms with Crippen LogP contribution in [-0.4, -0.2) is 22.5 Å². The van der Waals surface area contributed by atoms with E-state index in [2.05, 4.69) is 4.98 Å². The Morgan fingerprint density at radius 1 is 1.27 bits per heavy atom. The fraction of sp³-hybridized carbons (Fsp3) is 0.125. The molecule has 1 aromatic carbocycles. The van der Waals surface area contributed by atoms with Crippen molar-refractivity contribution in [1.29, 1.82) is 0 Å². The van der Waals surface area contributed by atoms with E-state index < -0.39 is 5.97 Å². The summed E-state index contributed by atoms with van der Waals surface area (Å²) in [6, 6.07) is 11.0. The lowest BCUT2D eigenvalue weighted by atomic mass is 10.3. The highest BCUT2D eigenvalue weighted by Gasteiger charge is 2.12. The predicted molar refractivity (Wildman–Crippen MR) is 77.3 cm³/mol. The fourth-order valence-corrected chi connectivity index (χ4v) is 2.12. The Hall–Kier alpha value is -2.89. The van der Waals surface area contributed by atoms with Crippen molar-refractivity contribution in [1.82, 2.24) is 9.38 Å². The van der Waals surface area contributed by atoms with E-state index in [1.807, 2.05) is 0 Å². The van der Waals surface area contributed by atoms with Gasteiger partial charge in [-0.1, -0.05) is 12.1 Å². The molecule has 3 rings (SSSR count). The molecule has 0 saturated carbocycles. The van der Waals surface area contributed by atoms with Gasteiger partial charge >= 0.3 is 5.97 Å². The molecule has 3 aromatic rings. The minimum absolute atomic E-state index is 0.172.